The number of rotatable bonds is 3. The van der Waals surface area contributed by atoms with Crippen LogP contribution in [0.25, 0.3) is 0 Å². The molecule has 1 aromatic carbocycles. The molecule has 1 aliphatic heterocycles. The lowest BCUT2D eigenvalue weighted by Crippen LogP contribution is -2.30. The predicted octanol–water partition coefficient (Wildman–Crippen LogP) is 3.48. The van der Waals surface area contributed by atoms with E-state index >= 15 is 0 Å². The molecule has 1 aromatic heterocycles. The first-order valence-electron chi connectivity index (χ1n) is 7.45. The molecule has 1 N–H and O–H groups in total. The van der Waals surface area contributed by atoms with Crippen molar-refractivity contribution in [3.05, 3.63) is 40.7 Å². The Morgan fingerprint density at radius 3 is 2.90 bits per heavy atom. The summed E-state index contributed by atoms with van der Waals surface area (Å²) in [5.74, 6) is 2.60. The Morgan fingerprint density at radius 1 is 1.33 bits per heavy atom. The Balaban J connectivity index is 1.89. The number of thioether (sulfide) groups is 1. The molecule has 3 rings (SSSR count). The summed E-state index contributed by atoms with van der Waals surface area (Å²) in [6, 6.07) is 6.96. The second-order valence-corrected chi connectivity index (χ2v) is 7.17. The van der Waals surface area contributed by atoms with Crippen LogP contribution in [0.2, 0.25) is 0 Å². The number of hydrogen-bond donors (Lipinski definition) is 1. The quantitative estimate of drug-likeness (QED) is 0.942. The summed E-state index contributed by atoms with van der Waals surface area (Å²) in [5, 5.41) is 9.61. The lowest BCUT2D eigenvalue weighted by Gasteiger charge is -2.28. The van der Waals surface area contributed by atoms with Gasteiger partial charge >= 0.3 is 0 Å². The van der Waals surface area contributed by atoms with Gasteiger partial charge in [0.15, 0.2) is 5.82 Å². The molecule has 4 nitrogen and oxygen atoms in total. The molecule has 0 fully saturated rings. The number of nitrogens with zero attached hydrogens (tertiary/aromatic N) is 3. The van der Waals surface area contributed by atoms with E-state index in [4.69, 9.17) is 0 Å². The zero-order chi connectivity index (χ0) is 15.0. The molecule has 2 aromatic rings. The fourth-order valence-electron chi connectivity index (χ4n) is 2.67. The van der Waals surface area contributed by atoms with E-state index in [1.807, 2.05) is 0 Å². The topological polar surface area (TPSA) is 42.7 Å². The monoisotopic (exact) mass is 302 g/mol. The number of hydrogen-bond acceptors (Lipinski definition) is 4. The summed E-state index contributed by atoms with van der Waals surface area (Å²) >= 11 is 1.78. The van der Waals surface area contributed by atoms with E-state index in [0.717, 1.165) is 23.2 Å². The van der Waals surface area contributed by atoms with Gasteiger partial charge in [-0.2, -0.15) is 0 Å². The Kier molecular flexibility index (Phi) is 3.93. The highest BCUT2D eigenvalue weighted by molar-refractivity contribution is 7.99. The van der Waals surface area contributed by atoms with Crippen molar-refractivity contribution in [2.45, 2.75) is 45.3 Å². The van der Waals surface area contributed by atoms with Crippen molar-refractivity contribution in [1.82, 2.24) is 14.9 Å². The molecule has 0 saturated carbocycles. The minimum absolute atomic E-state index is 0.310. The van der Waals surface area contributed by atoms with Crippen LogP contribution in [0.4, 0.5) is 0 Å². The second kappa shape index (κ2) is 5.72. The first kappa shape index (κ1) is 14.4. The van der Waals surface area contributed by atoms with Crippen molar-refractivity contribution in [3.63, 3.8) is 0 Å². The van der Waals surface area contributed by atoms with Crippen LogP contribution in [-0.2, 0) is 6.42 Å². The molecule has 5 heteroatoms. The van der Waals surface area contributed by atoms with E-state index in [1.165, 1.54) is 16.7 Å². The number of nitrogens with one attached hydrogen (secondary N) is 1. The normalized spacial score (nSPS) is 17.7. The van der Waals surface area contributed by atoms with Crippen molar-refractivity contribution in [3.8, 4) is 0 Å². The van der Waals surface area contributed by atoms with Gasteiger partial charge in [-0.3, -0.25) is 0 Å². The maximum absolute atomic E-state index is 4.34. The maximum Gasteiger partial charge on any atom is 0.210 e. The SMILES string of the molecule is Cc1ccc(C)c(C2CSc3nnc(CC(C)C)n3N2)c1. The van der Waals surface area contributed by atoms with Gasteiger partial charge in [0.1, 0.15) is 0 Å². The highest BCUT2D eigenvalue weighted by Gasteiger charge is 2.25. The number of aryl methyl sites for hydroxylation is 2. The third kappa shape index (κ3) is 2.93. The van der Waals surface area contributed by atoms with Crippen molar-refractivity contribution in [2.24, 2.45) is 5.92 Å². The van der Waals surface area contributed by atoms with E-state index in [1.54, 1.807) is 11.8 Å². The molecular weight excluding hydrogens is 280 g/mol. The first-order valence-corrected chi connectivity index (χ1v) is 8.44. The largest absolute Gasteiger partial charge is 0.314 e. The van der Waals surface area contributed by atoms with Gasteiger partial charge in [0, 0.05) is 12.2 Å². The Labute approximate surface area is 130 Å². The zero-order valence-corrected chi connectivity index (χ0v) is 13.9. The highest BCUT2D eigenvalue weighted by atomic mass is 32.2. The summed E-state index contributed by atoms with van der Waals surface area (Å²) in [7, 11) is 0. The lowest BCUT2D eigenvalue weighted by atomic mass is 10.0. The Morgan fingerprint density at radius 2 is 2.14 bits per heavy atom. The van der Waals surface area contributed by atoms with Gasteiger partial charge in [0.05, 0.1) is 6.04 Å². The molecule has 0 saturated heterocycles. The van der Waals surface area contributed by atoms with E-state index in [9.17, 15) is 0 Å². The van der Waals surface area contributed by atoms with Gasteiger partial charge in [0.2, 0.25) is 5.16 Å². The minimum atomic E-state index is 0.310. The predicted molar refractivity (Wildman–Crippen MR) is 87.3 cm³/mol. The first-order chi connectivity index (χ1) is 10.0. The third-order valence-corrected chi connectivity index (χ3v) is 4.79. The fourth-order valence-corrected chi connectivity index (χ4v) is 3.62. The van der Waals surface area contributed by atoms with Gasteiger partial charge in [-0.05, 0) is 30.9 Å². The van der Waals surface area contributed by atoms with Crippen LogP contribution < -0.4 is 5.43 Å². The molecule has 1 unspecified atom stereocenters. The molecule has 0 spiro atoms. The molecule has 21 heavy (non-hydrogen) atoms. The molecule has 2 heterocycles. The molecular formula is C16H22N4S. The van der Waals surface area contributed by atoms with Gasteiger partial charge in [-0.1, -0.05) is 49.4 Å². The second-order valence-electron chi connectivity index (χ2n) is 6.18. The smallest absolute Gasteiger partial charge is 0.210 e. The third-order valence-electron chi connectivity index (χ3n) is 3.77. The standard InChI is InChI=1S/C16H22N4S/c1-10(2)7-15-17-18-16-20(15)19-14(9-21-16)13-8-11(3)5-6-12(13)4/h5-6,8,10,14,19H,7,9H2,1-4H3. The summed E-state index contributed by atoms with van der Waals surface area (Å²) in [6.45, 7) is 8.74. The van der Waals surface area contributed by atoms with Crippen LogP contribution in [-0.4, -0.2) is 20.6 Å². The summed E-state index contributed by atoms with van der Waals surface area (Å²) < 4.78 is 2.08. The van der Waals surface area contributed by atoms with Crippen LogP contribution >= 0.6 is 11.8 Å². The molecule has 0 bridgehead atoms. The summed E-state index contributed by atoms with van der Waals surface area (Å²) in [6.07, 6.45) is 0.945. The van der Waals surface area contributed by atoms with Crippen molar-refractivity contribution < 1.29 is 0 Å². The summed E-state index contributed by atoms with van der Waals surface area (Å²) in [5.41, 5.74) is 7.62. The van der Waals surface area contributed by atoms with Crippen molar-refractivity contribution in [2.75, 3.05) is 11.2 Å². The highest BCUT2D eigenvalue weighted by Crippen LogP contribution is 2.32. The molecule has 0 aliphatic carbocycles. The number of fused-ring (bicyclic) bond motifs is 1. The van der Waals surface area contributed by atoms with Crippen molar-refractivity contribution >= 4 is 11.8 Å². The zero-order valence-electron chi connectivity index (χ0n) is 13.1. The molecule has 1 aliphatic rings. The van der Waals surface area contributed by atoms with E-state index < -0.39 is 0 Å². The van der Waals surface area contributed by atoms with Crippen LogP contribution in [0.15, 0.2) is 23.4 Å². The maximum atomic E-state index is 4.34. The van der Waals surface area contributed by atoms with Crippen LogP contribution in [0.1, 0.15) is 42.4 Å². The van der Waals surface area contributed by atoms with E-state index in [-0.39, 0.29) is 0 Å². The molecule has 112 valence electrons. The van der Waals surface area contributed by atoms with Gasteiger partial charge in [-0.25, -0.2) is 4.68 Å². The average molecular weight is 302 g/mol. The minimum Gasteiger partial charge on any atom is -0.314 e. The van der Waals surface area contributed by atoms with Gasteiger partial charge in [-0.15, -0.1) is 10.2 Å². The average Bonchev–Trinajstić information content (AvgIpc) is 2.83. The van der Waals surface area contributed by atoms with Crippen LogP contribution in [0.5, 0.6) is 0 Å². The van der Waals surface area contributed by atoms with Gasteiger partial charge < -0.3 is 5.43 Å². The van der Waals surface area contributed by atoms with E-state index in [2.05, 4.69) is 66.2 Å². The summed E-state index contributed by atoms with van der Waals surface area (Å²) in [4.78, 5) is 0. The van der Waals surface area contributed by atoms with Gasteiger partial charge in [0.25, 0.3) is 0 Å². The number of aromatic nitrogens is 3. The lowest BCUT2D eigenvalue weighted by molar-refractivity contribution is 0.570. The van der Waals surface area contributed by atoms with Crippen LogP contribution in [0.3, 0.4) is 0 Å². The fraction of sp³-hybridized carbons (Fsp3) is 0.500. The number of benzene rings is 1. The Bertz CT molecular complexity index is 648. The Hall–Kier alpha value is -1.49. The molecule has 0 radical (unpaired) electrons. The van der Waals surface area contributed by atoms with E-state index in [0.29, 0.717) is 12.0 Å². The van der Waals surface area contributed by atoms with Crippen LogP contribution in [0, 0.1) is 19.8 Å². The molecule has 1 atom stereocenters. The molecule has 0 amide bonds. The van der Waals surface area contributed by atoms with Crippen molar-refractivity contribution in [1.29, 1.82) is 0 Å².